The Morgan fingerprint density at radius 2 is 1.95 bits per heavy atom. The number of hydrogen-bond acceptors (Lipinski definition) is 4. The molecule has 1 atom stereocenters. The number of furan rings is 1. The molecule has 5 heteroatoms. The van der Waals surface area contributed by atoms with Crippen LogP contribution >= 0.6 is 0 Å². The van der Waals surface area contributed by atoms with E-state index in [1.807, 2.05) is 38.1 Å². The molecule has 110 valence electrons. The van der Waals surface area contributed by atoms with E-state index < -0.39 is 9.84 Å². The predicted octanol–water partition coefficient (Wildman–Crippen LogP) is 2.69. The van der Waals surface area contributed by atoms with E-state index in [1.54, 1.807) is 0 Å². The van der Waals surface area contributed by atoms with Crippen LogP contribution in [0.15, 0.2) is 28.7 Å². The number of benzene rings is 1. The van der Waals surface area contributed by atoms with Gasteiger partial charge in [0.2, 0.25) is 0 Å². The number of para-hydroxylation sites is 1. The van der Waals surface area contributed by atoms with E-state index in [-0.39, 0.29) is 11.8 Å². The molecule has 2 aromatic rings. The average Bonchev–Trinajstić information content (AvgIpc) is 2.75. The normalized spacial score (nSPS) is 13.8. The third-order valence-corrected chi connectivity index (χ3v) is 4.24. The monoisotopic (exact) mass is 295 g/mol. The van der Waals surface area contributed by atoms with Crippen LogP contribution in [0.5, 0.6) is 0 Å². The van der Waals surface area contributed by atoms with Crippen molar-refractivity contribution in [3.05, 3.63) is 35.6 Å². The van der Waals surface area contributed by atoms with Crippen molar-refractivity contribution in [3.63, 3.8) is 0 Å². The van der Waals surface area contributed by atoms with Crippen molar-refractivity contribution in [2.24, 2.45) is 0 Å². The van der Waals surface area contributed by atoms with Crippen LogP contribution in [0, 0.1) is 0 Å². The zero-order chi connectivity index (χ0) is 14.8. The number of fused-ring (bicyclic) bond motifs is 1. The van der Waals surface area contributed by atoms with Crippen molar-refractivity contribution < 1.29 is 12.8 Å². The highest BCUT2D eigenvalue weighted by molar-refractivity contribution is 7.90. The van der Waals surface area contributed by atoms with Gasteiger partial charge in [-0.15, -0.1) is 0 Å². The molecule has 0 aliphatic carbocycles. The van der Waals surface area contributed by atoms with Crippen molar-refractivity contribution >= 4 is 20.8 Å². The van der Waals surface area contributed by atoms with E-state index in [2.05, 4.69) is 5.32 Å². The molecule has 20 heavy (non-hydrogen) atoms. The van der Waals surface area contributed by atoms with Gasteiger partial charge in [-0.1, -0.05) is 32.0 Å². The lowest BCUT2D eigenvalue weighted by Gasteiger charge is -2.17. The van der Waals surface area contributed by atoms with Gasteiger partial charge in [0.15, 0.2) is 0 Å². The summed E-state index contributed by atoms with van der Waals surface area (Å²) in [5.74, 6) is 0.943. The average molecular weight is 295 g/mol. The van der Waals surface area contributed by atoms with E-state index in [1.165, 1.54) is 6.26 Å². The van der Waals surface area contributed by atoms with Crippen LogP contribution in [0.25, 0.3) is 11.0 Å². The Morgan fingerprint density at radius 3 is 2.55 bits per heavy atom. The molecule has 1 unspecified atom stereocenters. The van der Waals surface area contributed by atoms with Crippen molar-refractivity contribution in [1.29, 1.82) is 0 Å². The highest BCUT2D eigenvalue weighted by atomic mass is 32.2. The summed E-state index contributed by atoms with van der Waals surface area (Å²) in [6.07, 6.45) is 2.01. The second-order valence-electron chi connectivity index (χ2n) is 4.99. The van der Waals surface area contributed by atoms with Crippen LogP contribution in [0.4, 0.5) is 0 Å². The van der Waals surface area contributed by atoms with E-state index in [0.29, 0.717) is 6.54 Å². The Labute approximate surface area is 120 Å². The maximum Gasteiger partial charge on any atom is 0.149 e. The minimum atomic E-state index is -3.07. The SMILES string of the molecule is CCNC(CS(C)(=O)=O)c1c(CC)oc2ccccc12. The molecular weight excluding hydrogens is 274 g/mol. The van der Waals surface area contributed by atoms with E-state index in [4.69, 9.17) is 4.42 Å². The number of aryl methyl sites for hydroxylation is 1. The molecule has 1 heterocycles. The molecule has 0 aliphatic heterocycles. The number of nitrogens with one attached hydrogen (secondary N) is 1. The number of hydrogen-bond donors (Lipinski definition) is 1. The molecular formula is C15H21NO3S. The van der Waals surface area contributed by atoms with E-state index >= 15 is 0 Å². The van der Waals surface area contributed by atoms with E-state index in [9.17, 15) is 8.42 Å². The summed E-state index contributed by atoms with van der Waals surface area (Å²) in [6.45, 7) is 4.71. The van der Waals surface area contributed by atoms with Crippen LogP contribution in [0.1, 0.15) is 31.2 Å². The van der Waals surface area contributed by atoms with Crippen LogP contribution in [-0.4, -0.2) is 27.0 Å². The lowest BCUT2D eigenvalue weighted by molar-refractivity contribution is 0.521. The number of rotatable bonds is 6. The standard InChI is InChI=1S/C15H21NO3S/c1-4-13-15(11-8-6-7-9-14(11)19-13)12(16-5-2)10-20(3,17)18/h6-9,12,16H,4-5,10H2,1-3H3. The minimum Gasteiger partial charge on any atom is -0.461 e. The first-order chi connectivity index (χ1) is 9.46. The highest BCUT2D eigenvalue weighted by Gasteiger charge is 2.24. The van der Waals surface area contributed by atoms with Gasteiger partial charge in [-0.3, -0.25) is 0 Å². The molecule has 0 saturated carbocycles. The summed E-state index contributed by atoms with van der Waals surface area (Å²) in [7, 11) is -3.07. The first-order valence-electron chi connectivity index (χ1n) is 6.87. The van der Waals surface area contributed by atoms with Crippen molar-refractivity contribution in [2.45, 2.75) is 26.3 Å². The fraction of sp³-hybridized carbons (Fsp3) is 0.467. The van der Waals surface area contributed by atoms with Gasteiger partial charge in [-0.25, -0.2) is 8.42 Å². The molecule has 0 spiro atoms. The molecule has 0 radical (unpaired) electrons. The predicted molar refractivity (Wildman–Crippen MR) is 81.7 cm³/mol. The maximum absolute atomic E-state index is 11.7. The van der Waals surface area contributed by atoms with Crippen molar-refractivity contribution in [1.82, 2.24) is 5.32 Å². The molecule has 2 rings (SSSR count). The van der Waals surface area contributed by atoms with E-state index in [0.717, 1.165) is 28.7 Å². The molecule has 1 N–H and O–H groups in total. The summed E-state index contributed by atoms with van der Waals surface area (Å²) in [6, 6.07) is 7.55. The van der Waals surface area contributed by atoms with Gasteiger partial charge in [-0.2, -0.15) is 0 Å². The molecule has 1 aromatic carbocycles. The van der Waals surface area contributed by atoms with Crippen LogP contribution in [0.2, 0.25) is 0 Å². The Balaban J connectivity index is 2.56. The Morgan fingerprint density at radius 1 is 1.25 bits per heavy atom. The van der Waals surface area contributed by atoms with Crippen molar-refractivity contribution in [3.8, 4) is 0 Å². The first kappa shape index (κ1) is 15.1. The summed E-state index contributed by atoms with van der Waals surface area (Å²) >= 11 is 0. The lowest BCUT2D eigenvalue weighted by atomic mass is 10.0. The van der Waals surface area contributed by atoms with Gasteiger partial charge in [0.05, 0.1) is 11.8 Å². The summed E-state index contributed by atoms with van der Waals surface area (Å²) in [5, 5.41) is 4.27. The molecule has 0 saturated heterocycles. The van der Waals surface area contributed by atoms with Crippen LogP contribution in [0.3, 0.4) is 0 Å². The summed E-state index contributed by atoms with van der Waals surface area (Å²) in [5.41, 5.74) is 1.80. The lowest BCUT2D eigenvalue weighted by Crippen LogP contribution is -2.28. The van der Waals surface area contributed by atoms with Gasteiger partial charge in [0.1, 0.15) is 21.2 Å². The quantitative estimate of drug-likeness (QED) is 0.890. The van der Waals surface area contributed by atoms with Crippen LogP contribution in [-0.2, 0) is 16.3 Å². The second-order valence-corrected chi connectivity index (χ2v) is 7.18. The summed E-state index contributed by atoms with van der Waals surface area (Å²) < 4.78 is 29.2. The maximum atomic E-state index is 11.7. The van der Waals surface area contributed by atoms with Crippen LogP contribution < -0.4 is 5.32 Å². The molecule has 0 bridgehead atoms. The Kier molecular flexibility index (Phi) is 4.50. The highest BCUT2D eigenvalue weighted by Crippen LogP contribution is 2.32. The number of sulfone groups is 1. The Hall–Kier alpha value is -1.33. The third-order valence-electron chi connectivity index (χ3n) is 3.30. The smallest absolute Gasteiger partial charge is 0.149 e. The van der Waals surface area contributed by atoms with Gasteiger partial charge in [-0.05, 0) is 12.6 Å². The molecule has 1 aromatic heterocycles. The van der Waals surface area contributed by atoms with Gasteiger partial charge in [0, 0.05) is 23.6 Å². The summed E-state index contributed by atoms with van der Waals surface area (Å²) in [4.78, 5) is 0. The minimum absolute atomic E-state index is 0.0807. The first-order valence-corrected chi connectivity index (χ1v) is 8.93. The second kappa shape index (κ2) is 5.97. The topological polar surface area (TPSA) is 59.3 Å². The van der Waals surface area contributed by atoms with Gasteiger partial charge < -0.3 is 9.73 Å². The third kappa shape index (κ3) is 3.22. The fourth-order valence-corrected chi connectivity index (χ4v) is 3.44. The molecule has 0 aliphatic rings. The largest absolute Gasteiger partial charge is 0.461 e. The van der Waals surface area contributed by atoms with Gasteiger partial charge in [0.25, 0.3) is 0 Å². The molecule has 0 amide bonds. The zero-order valence-corrected chi connectivity index (χ0v) is 13.0. The Bertz CT molecular complexity index is 688. The molecule has 0 fully saturated rings. The fourth-order valence-electron chi connectivity index (χ4n) is 2.55. The van der Waals surface area contributed by atoms with Gasteiger partial charge >= 0.3 is 0 Å². The zero-order valence-electron chi connectivity index (χ0n) is 12.1. The molecule has 4 nitrogen and oxygen atoms in total. The van der Waals surface area contributed by atoms with Crippen molar-refractivity contribution in [2.75, 3.05) is 18.6 Å².